The molecule has 2 rings (SSSR count). The lowest BCUT2D eigenvalue weighted by atomic mass is 9.98. The Labute approximate surface area is 143 Å². The SMILES string of the molecule is Cl.N[C@H](c1ccc(OC(F)(F)F)cc1)c1c(F)ccc(Br)c1F. The van der Waals surface area contributed by atoms with Crippen LogP contribution in [0.3, 0.4) is 0 Å². The molecule has 0 aromatic heterocycles. The predicted octanol–water partition coefficient (Wildman–Crippen LogP) is 5.10. The maximum atomic E-state index is 14.0. The topological polar surface area (TPSA) is 35.2 Å². The van der Waals surface area contributed by atoms with Gasteiger partial charge in [0.2, 0.25) is 0 Å². The Bertz CT molecular complexity index is 678. The lowest BCUT2D eigenvalue weighted by Crippen LogP contribution is -2.18. The maximum Gasteiger partial charge on any atom is 0.573 e. The summed E-state index contributed by atoms with van der Waals surface area (Å²) in [7, 11) is 0. The van der Waals surface area contributed by atoms with Crippen LogP contribution in [0.25, 0.3) is 0 Å². The predicted molar refractivity (Wildman–Crippen MR) is 80.5 cm³/mol. The Morgan fingerprint density at radius 3 is 2.09 bits per heavy atom. The molecule has 0 spiro atoms. The summed E-state index contributed by atoms with van der Waals surface area (Å²) in [5, 5.41) is 0. The van der Waals surface area contributed by atoms with E-state index < -0.39 is 29.8 Å². The average Bonchev–Trinajstić information content (AvgIpc) is 2.42. The van der Waals surface area contributed by atoms with E-state index in [1.165, 1.54) is 18.2 Å². The van der Waals surface area contributed by atoms with Crippen molar-refractivity contribution in [2.24, 2.45) is 5.73 Å². The standard InChI is InChI=1S/C14H9BrF5NO.ClH/c15-9-5-6-10(16)11(12(9)17)13(21)7-1-3-8(4-2-7)22-14(18,19)20;/h1-6,13H,21H2;1H/t13-;/m1./s1. The molecular weight excluding hydrogens is 409 g/mol. The molecule has 0 aliphatic carbocycles. The molecule has 2 N–H and O–H groups in total. The third-order valence-electron chi connectivity index (χ3n) is 2.86. The summed E-state index contributed by atoms with van der Waals surface area (Å²) in [6.45, 7) is 0. The van der Waals surface area contributed by atoms with Gasteiger partial charge in [0.25, 0.3) is 0 Å². The Balaban J connectivity index is 0.00000264. The van der Waals surface area contributed by atoms with Gasteiger partial charge in [0.05, 0.1) is 10.5 Å². The van der Waals surface area contributed by atoms with E-state index in [1.807, 2.05) is 0 Å². The van der Waals surface area contributed by atoms with E-state index in [1.54, 1.807) is 0 Å². The number of hydrogen-bond acceptors (Lipinski definition) is 2. The Hall–Kier alpha value is -1.38. The number of hydrogen-bond donors (Lipinski definition) is 1. The van der Waals surface area contributed by atoms with Crippen LogP contribution >= 0.6 is 28.3 Å². The number of ether oxygens (including phenoxy) is 1. The number of rotatable bonds is 3. The Kier molecular flexibility index (Phi) is 6.38. The van der Waals surface area contributed by atoms with Crippen LogP contribution in [0.2, 0.25) is 0 Å². The second-order valence-electron chi connectivity index (χ2n) is 4.35. The third kappa shape index (κ3) is 4.79. The van der Waals surface area contributed by atoms with Crippen molar-refractivity contribution >= 4 is 28.3 Å². The first-order valence-corrected chi connectivity index (χ1v) is 6.73. The van der Waals surface area contributed by atoms with Crippen molar-refractivity contribution in [1.29, 1.82) is 0 Å². The first kappa shape index (κ1) is 19.7. The van der Waals surface area contributed by atoms with Gasteiger partial charge in [-0.05, 0) is 45.8 Å². The number of benzene rings is 2. The number of alkyl halides is 3. The highest BCUT2D eigenvalue weighted by molar-refractivity contribution is 9.10. The molecule has 2 nitrogen and oxygen atoms in total. The lowest BCUT2D eigenvalue weighted by Gasteiger charge is -2.16. The van der Waals surface area contributed by atoms with Crippen LogP contribution < -0.4 is 10.5 Å². The molecule has 0 unspecified atom stereocenters. The maximum absolute atomic E-state index is 14.0. The van der Waals surface area contributed by atoms with Crippen molar-refractivity contribution < 1.29 is 26.7 Å². The van der Waals surface area contributed by atoms with Crippen molar-refractivity contribution in [1.82, 2.24) is 0 Å². The van der Waals surface area contributed by atoms with Crippen LogP contribution in [0, 0.1) is 11.6 Å². The van der Waals surface area contributed by atoms with E-state index in [4.69, 9.17) is 5.73 Å². The van der Waals surface area contributed by atoms with E-state index in [-0.39, 0.29) is 28.0 Å². The van der Waals surface area contributed by atoms with Crippen molar-refractivity contribution in [2.75, 3.05) is 0 Å². The number of nitrogens with two attached hydrogens (primary N) is 1. The van der Waals surface area contributed by atoms with Crippen molar-refractivity contribution in [2.45, 2.75) is 12.4 Å². The molecule has 9 heteroatoms. The molecule has 1 atom stereocenters. The fraction of sp³-hybridized carbons (Fsp3) is 0.143. The molecule has 2 aromatic rings. The summed E-state index contributed by atoms with van der Waals surface area (Å²) in [4.78, 5) is 0. The smallest absolute Gasteiger partial charge is 0.406 e. The highest BCUT2D eigenvalue weighted by Crippen LogP contribution is 2.30. The molecule has 0 amide bonds. The monoisotopic (exact) mass is 417 g/mol. The van der Waals surface area contributed by atoms with E-state index in [0.717, 1.165) is 18.2 Å². The van der Waals surface area contributed by atoms with Gasteiger partial charge in [-0.15, -0.1) is 25.6 Å². The second kappa shape index (κ2) is 7.46. The van der Waals surface area contributed by atoms with Crippen LogP contribution in [0.1, 0.15) is 17.2 Å². The number of halogens is 7. The molecule has 2 aromatic carbocycles. The summed E-state index contributed by atoms with van der Waals surface area (Å²) in [6, 6.07) is 5.55. The zero-order valence-electron chi connectivity index (χ0n) is 11.2. The highest BCUT2D eigenvalue weighted by Gasteiger charge is 2.31. The molecule has 0 aliphatic rings. The molecule has 23 heavy (non-hydrogen) atoms. The fourth-order valence-electron chi connectivity index (χ4n) is 1.87. The van der Waals surface area contributed by atoms with Gasteiger partial charge >= 0.3 is 6.36 Å². The average molecular weight is 419 g/mol. The van der Waals surface area contributed by atoms with Crippen molar-refractivity contribution in [3.63, 3.8) is 0 Å². The molecule has 0 radical (unpaired) electrons. The van der Waals surface area contributed by atoms with Crippen LogP contribution in [-0.4, -0.2) is 6.36 Å². The van der Waals surface area contributed by atoms with Gasteiger partial charge in [0.15, 0.2) is 0 Å². The summed E-state index contributed by atoms with van der Waals surface area (Å²) in [5.74, 6) is -2.15. The normalized spacial score (nSPS) is 12.5. The van der Waals surface area contributed by atoms with Gasteiger partial charge in [0.1, 0.15) is 17.4 Å². The van der Waals surface area contributed by atoms with Gasteiger partial charge in [-0.3, -0.25) is 0 Å². The second-order valence-corrected chi connectivity index (χ2v) is 5.21. The molecule has 0 aliphatic heterocycles. The van der Waals surface area contributed by atoms with Crippen LogP contribution in [0.4, 0.5) is 22.0 Å². The van der Waals surface area contributed by atoms with Gasteiger partial charge in [-0.1, -0.05) is 12.1 Å². The van der Waals surface area contributed by atoms with Gasteiger partial charge in [-0.2, -0.15) is 0 Å². The largest absolute Gasteiger partial charge is 0.573 e. The molecular formula is C14H10BrClF5NO. The van der Waals surface area contributed by atoms with Gasteiger partial charge in [0, 0.05) is 5.56 Å². The first-order valence-electron chi connectivity index (χ1n) is 5.93. The highest BCUT2D eigenvalue weighted by atomic mass is 79.9. The molecule has 0 heterocycles. The van der Waals surface area contributed by atoms with Crippen LogP contribution in [0.5, 0.6) is 5.75 Å². The zero-order valence-corrected chi connectivity index (χ0v) is 13.6. The molecule has 0 saturated carbocycles. The molecule has 0 fully saturated rings. The first-order chi connectivity index (χ1) is 10.2. The third-order valence-corrected chi connectivity index (χ3v) is 3.48. The molecule has 0 saturated heterocycles. The summed E-state index contributed by atoms with van der Waals surface area (Å²) in [5.41, 5.74) is 5.67. The summed E-state index contributed by atoms with van der Waals surface area (Å²) >= 11 is 2.92. The summed E-state index contributed by atoms with van der Waals surface area (Å²) in [6.07, 6.45) is -4.81. The van der Waals surface area contributed by atoms with Gasteiger partial charge < -0.3 is 10.5 Å². The lowest BCUT2D eigenvalue weighted by molar-refractivity contribution is -0.274. The van der Waals surface area contributed by atoms with E-state index >= 15 is 0 Å². The quantitative estimate of drug-likeness (QED) is 0.556. The zero-order chi connectivity index (χ0) is 16.5. The fourth-order valence-corrected chi connectivity index (χ4v) is 2.22. The van der Waals surface area contributed by atoms with Crippen molar-refractivity contribution in [3.05, 3.63) is 63.6 Å². The summed E-state index contributed by atoms with van der Waals surface area (Å²) < 4.78 is 67.7. The Morgan fingerprint density at radius 1 is 1.00 bits per heavy atom. The van der Waals surface area contributed by atoms with E-state index in [9.17, 15) is 22.0 Å². The van der Waals surface area contributed by atoms with E-state index in [2.05, 4.69) is 20.7 Å². The van der Waals surface area contributed by atoms with Crippen molar-refractivity contribution in [3.8, 4) is 5.75 Å². The minimum Gasteiger partial charge on any atom is -0.406 e. The van der Waals surface area contributed by atoms with Crippen LogP contribution in [0.15, 0.2) is 40.9 Å². The molecule has 0 bridgehead atoms. The Morgan fingerprint density at radius 2 is 1.57 bits per heavy atom. The van der Waals surface area contributed by atoms with E-state index in [0.29, 0.717) is 0 Å². The van der Waals surface area contributed by atoms with Crippen LogP contribution in [-0.2, 0) is 0 Å². The molecule has 126 valence electrons. The minimum absolute atomic E-state index is 0. The van der Waals surface area contributed by atoms with Gasteiger partial charge in [-0.25, -0.2) is 8.78 Å². The minimum atomic E-state index is -4.81.